The van der Waals surface area contributed by atoms with Gasteiger partial charge in [-0.25, -0.2) is 0 Å². The molecule has 0 aliphatic carbocycles. The van der Waals surface area contributed by atoms with Crippen LogP contribution in [0.5, 0.6) is 0 Å². The van der Waals surface area contributed by atoms with Gasteiger partial charge in [0.05, 0.1) is 12.2 Å². The van der Waals surface area contributed by atoms with Crippen molar-refractivity contribution in [1.82, 2.24) is 20.1 Å². The van der Waals surface area contributed by atoms with Crippen molar-refractivity contribution in [2.45, 2.75) is 6.42 Å². The molecule has 3 heterocycles. The standard InChI is InChI=1S/C26H25BrN6O/c27-20-5-7-21(8-6-20)29-25(34)18-32-13-15-33(16-14-32)26-23-4-2-1-3-22(23)24(30-31-26)17-19-9-11-28-12-10-19/h1-12H,13-18H2,(H,29,34). The molecule has 0 bridgehead atoms. The first-order valence-electron chi connectivity index (χ1n) is 11.3. The minimum atomic E-state index is 0.00137. The molecule has 34 heavy (non-hydrogen) atoms. The van der Waals surface area contributed by atoms with Crippen molar-refractivity contribution in [3.63, 3.8) is 0 Å². The Morgan fingerprint density at radius 1 is 0.882 bits per heavy atom. The normalized spacial score (nSPS) is 14.3. The fourth-order valence-electron chi connectivity index (χ4n) is 4.26. The molecule has 0 saturated carbocycles. The molecular formula is C26H25BrN6O. The van der Waals surface area contributed by atoms with E-state index in [0.717, 1.165) is 70.6 Å². The molecule has 1 saturated heterocycles. The third-order valence-corrected chi connectivity index (χ3v) is 6.56. The van der Waals surface area contributed by atoms with Gasteiger partial charge in [0.2, 0.25) is 5.91 Å². The third-order valence-electron chi connectivity index (χ3n) is 6.03. The molecule has 0 spiro atoms. The van der Waals surface area contributed by atoms with Gasteiger partial charge >= 0.3 is 0 Å². The van der Waals surface area contributed by atoms with Gasteiger partial charge in [0.1, 0.15) is 0 Å². The van der Waals surface area contributed by atoms with Gasteiger partial charge in [-0.15, -0.1) is 5.10 Å². The fraction of sp³-hybridized carbons (Fsp3) is 0.231. The number of amides is 1. The highest BCUT2D eigenvalue weighted by Gasteiger charge is 2.22. The number of piperazine rings is 1. The van der Waals surface area contributed by atoms with Crippen LogP contribution >= 0.6 is 15.9 Å². The van der Waals surface area contributed by atoms with Crippen molar-refractivity contribution in [3.8, 4) is 0 Å². The minimum Gasteiger partial charge on any atom is -0.352 e. The number of hydrogen-bond donors (Lipinski definition) is 1. The number of pyridine rings is 1. The predicted octanol–water partition coefficient (Wildman–Crippen LogP) is 4.14. The maximum Gasteiger partial charge on any atom is 0.238 e. The van der Waals surface area contributed by atoms with Crippen molar-refractivity contribution in [3.05, 3.63) is 88.8 Å². The van der Waals surface area contributed by atoms with Crippen molar-refractivity contribution in [2.24, 2.45) is 0 Å². The van der Waals surface area contributed by atoms with E-state index in [4.69, 9.17) is 0 Å². The number of rotatable bonds is 6. The van der Waals surface area contributed by atoms with Gasteiger partial charge in [-0.2, -0.15) is 5.10 Å². The number of halogens is 1. The van der Waals surface area contributed by atoms with Crippen molar-refractivity contribution >= 4 is 44.1 Å². The Balaban J connectivity index is 1.24. The van der Waals surface area contributed by atoms with Gasteiger partial charge in [0, 0.05) is 65.9 Å². The van der Waals surface area contributed by atoms with Crippen LogP contribution in [-0.2, 0) is 11.2 Å². The number of nitrogens with zero attached hydrogens (tertiary/aromatic N) is 5. The lowest BCUT2D eigenvalue weighted by atomic mass is 10.0. The summed E-state index contributed by atoms with van der Waals surface area (Å²) in [5, 5.41) is 14.4. The van der Waals surface area contributed by atoms with Gasteiger partial charge in [0.15, 0.2) is 5.82 Å². The predicted molar refractivity (Wildman–Crippen MR) is 138 cm³/mol. The molecule has 1 aliphatic heterocycles. The number of carbonyl (C=O) groups is 1. The van der Waals surface area contributed by atoms with Gasteiger partial charge in [0.25, 0.3) is 0 Å². The summed E-state index contributed by atoms with van der Waals surface area (Å²) >= 11 is 3.41. The summed E-state index contributed by atoms with van der Waals surface area (Å²) in [5.41, 5.74) is 2.94. The molecule has 2 aromatic carbocycles. The zero-order valence-electron chi connectivity index (χ0n) is 18.7. The second-order valence-corrected chi connectivity index (χ2v) is 9.28. The Morgan fingerprint density at radius 2 is 1.59 bits per heavy atom. The van der Waals surface area contributed by atoms with E-state index in [-0.39, 0.29) is 5.91 Å². The molecule has 0 radical (unpaired) electrons. The third kappa shape index (κ3) is 5.24. The molecule has 1 fully saturated rings. The fourth-order valence-corrected chi connectivity index (χ4v) is 4.52. The van der Waals surface area contributed by atoms with E-state index in [0.29, 0.717) is 6.54 Å². The first-order valence-corrected chi connectivity index (χ1v) is 12.1. The molecule has 0 atom stereocenters. The molecule has 2 aromatic heterocycles. The van der Waals surface area contributed by atoms with Crippen LogP contribution in [0.25, 0.3) is 10.8 Å². The number of hydrogen-bond acceptors (Lipinski definition) is 6. The van der Waals surface area contributed by atoms with Crippen LogP contribution < -0.4 is 10.2 Å². The van der Waals surface area contributed by atoms with Gasteiger partial charge in [-0.05, 0) is 42.0 Å². The second kappa shape index (κ2) is 10.3. The largest absolute Gasteiger partial charge is 0.352 e. The Morgan fingerprint density at radius 3 is 2.32 bits per heavy atom. The maximum atomic E-state index is 12.5. The topological polar surface area (TPSA) is 74.2 Å². The molecule has 1 N–H and O–H groups in total. The summed E-state index contributed by atoms with van der Waals surface area (Å²) in [6, 6.07) is 20.0. The number of aromatic nitrogens is 3. The van der Waals surface area contributed by atoms with Crippen LogP contribution in [0.3, 0.4) is 0 Å². The van der Waals surface area contributed by atoms with E-state index < -0.39 is 0 Å². The molecule has 1 aliphatic rings. The molecule has 172 valence electrons. The highest BCUT2D eigenvalue weighted by atomic mass is 79.9. The Bertz CT molecular complexity index is 1270. The summed E-state index contributed by atoms with van der Waals surface area (Å²) in [5.74, 6) is 0.912. The quantitative estimate of drug-likeness (QED) is 0.415. The lowest BCUT2D eigenvalue weighted by molar-refractivity contribution is -0.117. The van der Waals surface area contributed by atoms with Gasteiger partial charge in [-0.1, -0.05) is 40.2 Å². The number of fused-ring (bicyclic) bond motifs is 1. The average Bonchev–Trinajstić information content (AvgIpc) is 2.87. The van der Waals surface area contributed by atoms with E-state index >= 15 is 0 Å². The molecule has 4 aromatic rings. The van der Waals surface area contributed by atoms with Crippen LogP contribution in [0.4, 0.5) is 11.5 Å². The van der Waals surface area contributed by atoms with Gasteiger partial charge in [-0.3, -0.25) is 14.7 Å². The Hall–Kier alpha value is -3.36. The van der Waals surface area contributed by atoms with Crippen molar-refractivity contribution in [2.75, 3.05) is 42.9 Å². The Labute approximate surface area is 207 Å². The van der Waals surface area contributed by atoms with Crippen LogP contribution in [-0.4, -0.2) is 58.7 Å². The number of benzene rings is 2. The van der Waals surface area contributed by atoms with E-state index in [1.54, 1.807) is 12.4 Å². The Kier molecular flexibility index (Phi) is 6.78. The number of anilines is 2. The summed E-state index contributed by atoms with van der Waals surface area (Å²) < 4.78 is 0.989. The molecular weight excluding hydrogens is 492 g/mol. The van der Waals surface area contributed by atoms with E-state index in [2.05, 4.69) is 58.4 Å². The highest BCUT2D eigenvalue weighted by Crippen LogP contribution is 2.27. The second-order valence-electron chi connectivity index (χ2n) is 8.37. The zero-order valence-corrected chi connectivity index (χ0v) is 20.3. The van der Waals surface area contributed by atoms with Crippen LogP contribution in [0, 0.1) is 0 Å². The molecule has 0 unspecified atom stereocenters. The van der Waals surface area contributed by atoms with Crippen molar-refractivity contribution < 1.29 is 4.79 Å². The summed E-state index contributed by atoms with van der Waals surface area (Å²) in [6.45, 7) is 3.56. The lowest BCUT2D eigenvalue weighted by Gasteiger charge is -2.35. The summed E-state index contributed by atoms with van der Waals surface area (Å²) in [7, 11) is 0. The number of nitrogens with one attached hydrogen (secondary N) is 1. The minimum absolute atomic E-state index is 0.00137. The van der Waals surface area contributed by atoms with Crippen LogP contribution in [0.1, 0.15) is 11.3 Å². The van der Waals surface area contributed by atoms with Crippen LogP contribution in [0.15, 0.2) is 77.5 Å². The smallest absolute Gasteiger partial charge is 0.238 e. The molecule has 1 amide bonds. The summed E-state index contributed by atoms with van der Waals surface area (Å²) in [6.07, 6.45) is 4.33. The maximum absolute atomic E-state index is 12.5. The lowest BCUT2D eigenvalue weighted by Crippen LogP contribution is -2.49. The summed E-state index contributed by atoms with van der Waals surface area (Å²) in [4.78, 5) is 21.0. The molecule has 5 rings (SSSR count). The number of carbonyl (C=O) groups excluding carboxylic acids is 1. The highest BCUT2D eigenvalue weighted by molar-refractivity contribution is 9.10. The SMILES string of the molecule is O=C(CN1CCN(c2nnc(Cc3ccncc3)c3ccccc23)CC1)Nc1ccc(Br)cc1. The van der Waals surface area contributed by atoms with Crippen molar-refractivity contribution in [1.29, 1.82) is 0 Å². The zero-order chi connectivity index (χ0) is 23.3. The first-order chi connectivity index (χ1) is 16.7. The molecule has 7 nitrogen and oxygen atoms in total. The first kappa shape index (κ1) is 22.4. The average molecular weight is 517 g/mol. The van der Waals surface area contributed by atoms with Crippen LogP contribution in [0.2, 0.25) is 0 Å². The van der Waals surface area contributed by atoms with Gasteiger partial charge < -0.3 is 10.2 Å². The van der Waals surface area contributed by atoms with E-state index in [1.165, 1.54) is 0 Å². The monoisotopic (exact) mass is 516 g/mol. The molecule has 8 heteroatoms. The van der Waals surface area contributed by atoms with E-state index in [1.807, 2.05) is 48.5 Å². The van der Waals surface area contributed by atoms with E-state index in [9.17, 15) is 4.79 Å².